The van der Waals surface area contributed by atoms with Gasteiger partial charge in [0.2, 0.25) is 5.95 Å². The molecule has 1 unspecified atom stereocenters. The second-order valence-corrected chi connectivity index (χ2v) is 11.2. The van der Waals surface area contributed by atoms with Gasteiger partial charge in [0.1, 0.15) is 0 Å². The van der Waals surface area contributed by atoms with E-state index < -0.39 is 0 Å². The number of H-pyrrole nitrogens is 1. The normalized spacial score (nSPS) is 15.1. The predicted octanol–water partition coefficient (Wildman–Crippen LogP) is 6.33. The van der Waals surface area contributed by atoms with Crippen LogP contribution in [0, 0.1) is 0 Å². The van der Waals surface area contributed by atoms with Gasteiger partial charge in [-0.3, -0.25) is 9.89 Å². The molecular formula is C26H24N6OS2. The van der Waals surface area contributed by atoms with Gasteiger partial charge in [-0.15, -0.1) is 23.1 Å². The fourth-order valence-electron chi connectivity index (χ4n) is 4.26. The van der Waals surface area contributed by atoms with Crippen LogP contribution in [0.15, 0.2) is 53.6 Å². The maximum absolute atomic E-state index is 12.5. The highest BCUT2D eigenvalue weighted by atomic mass is 32.2. The summed E-state index contributed by atoms with van der Waals surface area (Å²) in [5.41, 5.74) is 4.94. The molecule has 0 bridgehead atoms. The third-order valence-corrected chi connectivity index (χ3v) is 8.42. The minimum absolute atomic E-state index is 0.0314. The van der Waals surface area contributed by atoms with E-state index in [2.05, 4.69) is 46.0 Å². The summed E-state index contributed by atoms with van der Waals surface area (Å²) < 4.78 is 1.07. The fraction of sp³-hybridized carbons (Fsp3) is 0.231. The van der Waals surface area contributed by atoms with Crippen molar-refractivity contribution in [2.45, 2.75) is 37.6 Å². The molecule has 0 saturated heterocycles. The van der Waals surface area contributed by atoms with Crippen LogP contribution in [0.25, 0.3) is 32.2 Å². The number of nitrogens with one attached hydrogen (secondary N) is 3. The minimum Gasteiger partial charge on any atom is -0.349 e. The maximum Gasteiger partial charge on any atom is 0.261 e. The number of benzene rings is 2. The molecule has 5 aromatic rings. The lowest BCUT2D eigenvalue weighted by atomic mass is 10.1. The van der Waals surface area contributed by atoms with Crippen molar-refractivity contribution in [2.75, 3.05) is 11.1 Å². The smallest absolute Gasteiger partial charge is 0.261 e. The number of nitrogens with zero attached hydrogens (tertiary/aromatic N) is 3. The Labute approximate surface area is 210 Å². The van der Waals surface area contributed by atoms with Gasteiger partial charge in [-0.05, 0) is 49.6 Å². The molecule has 3 N–H and O–H groups in total. The van der Waals surface area contributed by atoms with E-state index in [0.29, 0.717) is 11.9 Å². The highest BCUT2D eigenvalue weighted by molar-refractivity contribution is 7.99. The number of amides is 1. The van der Waals surface area contributed by atoms with E-state index in [1.54, 1.807) is 6.20 Å². The van der Waals surface area contributed by atoms with Crippen LogP contribution in [0.4, 0.5) is 11.6 Å². The van der Waals surface area contributed by atoms with Crippen molar-refractivity contribution in [2.24, 2.45) is 0 Å². The summed E-state index contributed by atoms with van der Waals surface area (Å²) in [6.45, 7) is 6.14. The van der Waals surface area contributed by atoms with E-state index in [1.807, 2.05) is 49.9 Å². The Morgan fingerprint density at radius 1 is 1.11 bits per heavy atom. The Balaban J connectivity index is 1.40. The first-order valence-electron chi connectivity index (χ1n) is 11.5. The lowest BCUT2D eigenvalue weighted by Gasteiger charge is -2.12. The summed E-state index contributed by atoms with van der Waals surface area (Å²) in [6.07, 6.45) is 1.81. The molecule has 35 heavy (non-hydrogen) atoms. The first-order chi connectivity index (χ1) is 16.9. The molecule has 9 heteroatoms. The molecular weight excluding hydrogens is 476 g/mol. The summed E-state index contributed by atoms with van der Waals surface area (Å²) in [5.74, 6) is 1.89. The summed E-state index contributed by atoms with van der Waals surface area (Å²) >= 11 is 3.32. The van der Waals surface area contributed by atoms with Crippen LogP contribution < -0.4 is 10.6 Å². The monoisotopic (exact) mass is 500 g/mol. The van der Waals surface area contributed by atoms with Crippen LogP contribution in [0.1, 0.15) is 42.1 Å². The zero-order valence-corrected chi connectivity index (χ0v) is 21.2. The van der Waals surface area contributed by atoms with E-state index >= 15 is 0 Å². The van der Waals surface area contributed by atoms with Crippen LogP contribution in [0.5, 0.6) is 0 Å². The van der Waals surface area contributed by atoms with E-state index in [-0.39, 0.29) is 11.9 Å². The minimum atomic E-state index is -0.0314. The highest BCUT2D eigenvalue weighted by Gasteiger charge is 2.27. The quantitative estimate of drug-likeness (QED) is 0.261. The number of carbonyl (C=O) groups is 1. The lowest BCUT2D eigenvalue weighted by molar-refractivity contribution is 0.0947. The van der Waals surface area contributed by atoms with Gasteiger partial charge in [0.25, 0.3) is 5.91 Å². The molecule has 4 heterocycles. The second-order valence-electron chi connectivity index (χ2n) is 9.11. The van der Waals surface area contributed by atoms with Crippen molar-refractivity contribution in [3.63, 3.8) is 0 Å². The molecule has 0 radical (unpaired) electrons. The van der Waals surface area contributed by atoms with Crippen LogP contribution in [-0.4, -0.2) is 37.9 Å². The van der Waals surface area contributed by atoms with E-state index in [9.17, 15) is 4.79 Å². The molecule has 3 aromatic heterocycles. The zero-order valence-electron chi connectivity index (χ0n) is 19.5. The number of thiophene rings is 1. The molecule has 1 amide bonds. The third-order valence-electron chi connectivity index (χ3n) is 5.97. The van der Waals surface area contributed by atoms with Gasteiger partial charge < -0.3 is 10.6 Å². The number of thioether (sulfide) groups is 1. The molecule has 2 aromatic carbocycles. The molecule has 6 rings (SSSR count). The topological polar surface area (TPSA) is 95.6 Å². The largest absolute Gasteiger partial charge is 0.349 e. The maximum atomic E-state index is 12.5. The summed E-state index contributed by atoms with van der Waals surface area (Å²) in [4.78, 5) is 24.2. The Morgan fingerprint density at radius 3 is 2.86 bits per heavy atom. The standard InChI is InChI=1S/C26H24N6OS2/c1-13(2)28-25(33)21-9-15-4-5-16(10-20(15)35-21)23-24-22(14(3)12-34-24)30-26(31-23)29-18-6-7-19-17(8-18)11-27-32-19/h4-11,13-14H,12H2,1-3H3,(H,27,32)(H,28,33)(H,29,30,31). The fourth-order valence-corrected chi connectivity index (χ4v) is 6.53. The van der Waals surface area contributed by atoms with Crippen molar-refractivity contribution in [3.05, 3.63) is 59.2 Å². The Morgan fingerprint density at radius 2 is 2.00 bits per heavy atom. The average molecular weight is 501 g/mol. The first-order valence-corrected chi connectivity index (χ1v) is 13.3. The molecule has 0 fully saturated rings. The number of aromatic nitrogens is 4. The van der Waals surface area contributed by atoms with Gasteiger partial charge in [0.05, 0.1) is 32.9 Å². The van der Waals surface area contributed by atoms with Gasteiger partial charge in [-0.2, -0.15) is 5.10 Å². The van der Waals surface area contributed by atoms with Crippen LogP contribution >= 0.6 is 23.1 Å². The van der Waals surface area contributed by atoms with Gasteiger partial charge in [0.15, 0.2) is 0 Å². The number of rotatable bonds is 5. The number of fused-ring (bicyclic) bond motifs is 3. The Bertz CT molecular complexity index is 1590. The van der Waals surface area contributed by atoms with E-state index in [4.69, 9.17) is 9.97 Å². The van der Waals surface area contributed by atoms with Gasteiger partial charge >= 0.3 is 0 Å². The van der Waals surface area contributed by atoms with Gasteiger partial charge in [-0.25, -0.2) is 9.97 Å². The molecule has 176 valence electrons. The Hall–Kier alpha value is -3.43. The molecule has 0 aliphatic carbocycles. The zero-order chi connectivity index (χ0) is 24.1. The van der Waals surface area contributed by atoms with Crippen LogP contribution in [0.2, 0.25) is 0 Å². The second kappa shape index (κ2) is 8.66. The van der Waals surface area contributed by atoms with Crippen molar-refractivity contribution in [1.82, 2.24) is 25.5 Å². The number of aromatic amines is 1. The summed E-state index contributed by atoms with van der Waals surface area (Å²) in [5, 5.41) is 15.5. The average Bonchev–Trinajstić information content (AvgIpc) is 3.56. The van der Waals surface area contributed by atoms with Crippen LogP contribution in [-0.2, 0) is 0 Å². The molecule has 1 aliphatic rings. The number of hydrogen-bond donors (Lipinski definition) is 3. The van der Waals surface area contributed by atoms with Crippen molar-refractivity contribution < 1.29 is 4.79 Å². The molecule has 1 aliphatic heterocycles. The molecule has 0 spiro atoms. The Kier molecular flexibility index (Phi) is 5.46. The predicted molar refractivity (Wildman–Crippen MR) is 144 cm³/mol. The van der Waals surface area contributed by atoms with Crippen molar-refractivity contribution in [3.8, 4) is 11.3 Å². The number of carbonyl (C=O) groups excluding carboxylic acids is 1. The highest BCUT2D eigenvalue weighted by Crippen LogP contribution is 2.44. The molecule has 1 atom stereocenters. The third kappa shape index (κ3) is 4.15. The lowest BCUT2D eigenvalue weighted by Crippen LogP contribution is -2.29. The van der Waals surface area contributed by atoms with Crippen LogP contribution in [0.3, 0.4) is 0 Å². The molecule has 0 saturated carbocycles. The SMILES string of the molecule is CC(C)NC(=O)c1cc2ccc(-c3nc(Nc4ccc5[nH]ncc5c4)nc4c3SCC4C)cc2s1. The number of hydrogen-bond acceptors (Lipinski definition) is 7. The van der Waals surface area contributed by atoms with E-state index in [0.717, 1.165) is 59.2 Å². The van der Waals surface area contributed by atoms with Gasteiger partial charge in [-0.1, -0.05) is 19.1 Å². The first kappa shape index (κ1) is 22.1. The number of anilines is 2. The van der Waals surface area contributed by atoms with Crippen molar-refractivity contribution >= 4 is 61.6 Å². The van der Waals surface area contributed by atoms with Crippen molar-refractivity contribution in [1.29, 1.82) is 0 Å². The molecule has 7 nitrogen and oxygen atoms in total. The summed E-state index contributed by atoms with van der Waals surface area (Å²) in [6, 6.07) is 14.4. The van der Waals surface area contributed by atoms with Gasteiger partial charge in [0, 0.05) is 39.0 Å². The van der Waals surface area contributed by atoms with E-state index in [1.165, 1.54) is 11.3 Å². The summed E-state index contributed by atoms with van der Waals surface area (Å²) in [7, 11) is 0.